The molecule has 2 aliphatic rings. The normalized spacial score (nSPS) is 15.7. The molecule has 2 aliphatic carbocycles. The van der Waals surface area contributed by atoms with Crippen LogP contribution in [0.2, 0.25) is 0 Å². The number of nitrogens with one attached hydrogen (secondary N) is 4. The highest BCUT2D eigenvalue weighted by Crippen LogP contribution is 2.39. The van der Waals surface area contributed by atoms with Gasteiger partial charge in [-0.15, -0.1) is 0 Å². The monoisotopic (exact) mass is 758 g/mol. The van der Waals surface area contributed by atoms with Crippen molar-refractivity contribution in [1.29, 1.82) is 0 Å². The van der Waals surface area contributed by atoms with Gasteiger partial charge in [-0.3, -0.25) is 19.2 Å². The van der Waals surface area contributed by atoms with Crippen molar-refractivity contribution in [1.82, 2.24) is 21.3 Å². The molecule has 4 aromatic rings. The second-order valence-electron chi connectivity index (χ2n) is 13.6. The van der Waals surface area contributed by atoms with Gasteiger partial charge in [-0.1, -0.05) is 109 Å². The lowest BCUT2D eigenvalue weighted by Gasteiger charge is -2.33. The number of amides is 4. The van der Waals surface area contributed by atoms with Gasteiger partial charge in [-0.25, -0.2) is 9.59 Å². The zero-order chi connectivity index (χ0) is 39.7. The summed E-state index contributed by atoms with van der Waals surface area (Å²) in [5.74, 6) is -5.66. The molecule has 4 aromatic carbocycles. The number of rotatable bonds is 14. The molecule has 6 rings (SSSR count). The summed E-state index contributed by atoms with van der Waals surface area (Å²) in [4.78, 5) is 78.4. The van der Waals surface area contributed by atoms with E-state index >= 15 is 0 Å². The molecule has 56 heavy (non-hydrogen) atoms. The standard InChI is InChI=1S/C42H42N6O8/c43-25-33(49)45-39(37(53)47-41(31-15-3-1-4-16-31)21-27-11-7-8-12-28(27)22-41)55-35(51)19-20-36(52)56-40(46-34(50)26-44)38(54)48-42(32-17-5-2-6-18-32)23-29-13-9-10-14-30(29)24-42/h1-20,39-40H,21-26,43-44H2,(H,45,49)(H,46,50)(H,47,53)(H,48,54)/b20-19+. The van der Waals surface area contributed by atoms with Gasteiger partial charge in [0.2, 0.25) is 11.8 Å². The Morgan fingerprint density at radius 2 is 0.821 bits per heavy atom. The van der Waals surface area contributed by atoms with Crippen LogP contribution in [0.25, 0.3) is 0 Å². The number of hydrogen-bond acceptors (Lipinski definition) is 10. The molecule has 14 nitrogen and oxygen atoms in total. The Kier molecular flexibility index (Phi) is 12.0. The highest BCUT2D eigenvalue weighted by Gasteiger charge is 2.43. The Morgan fingerprint density at radius 3 is 1.12 bits per heavy atom. The molecule has 8 N–H and O–H groups in total. The number of nitrogens with two attached hydrogens (primary N) is 2. The lowest BCUT2D eigenvalue weighted by Crippen LogP contribution is -2.56. The number of benzene rings is 4. The van der Waals surface area contributed by atoms with Gasteiger partial charge in [-0.05, 0) is 33.4 Å². The molecule has 0 bridgehead atoms. The van der Waals surface area contributed by atoms with E-state index in [1.165, 1.54) is 0 Å². The molecule has 0 spiro atoms. The van der Waals surface area contributed by atoms with E-state index in [2.05, 4.69) is 21.3 Å². The Labute approximate surface area is 323 Å². The third-order valence-electron chi connectivity index (χ3n) is 9.84. The molecule has 288 valence electrons. The molecule has 4 amide bonds. The van der Waals surface area contributed by atoms with Crippen molar-refractivity contribution in [3.63, 3.8) is 0 Å². The third kappa shape index (κ3) is 9.00. The molecule has 0 radical (unpaired) electrons. The van der Waals surface area contributed by atoms with Crippen LogP contribution < -0.4 is 32.7 Å². The van der Waals surface area contributed by atoms with Crippen molar-refractivity contribution in [2.45, 2.75) is 49.2 Å². The van der Waals surface area contributed by atoms with E-state index in [1.54, 1.807) is 0 Å². The van der Waals surface area contributed by atoms with E-state index in [0.29, 0.717) is 37.8 Å². The summed E-state index contributed by atoms with van der Waals surface area (Å²) in [5.41, 5.74) is 14.8. The van der Waals surface area contributed by atoms with Crippen LogP contribution in [0.4, 0.5) is 0 Å². The SMILES string of the molecule is NCC(=O)NC(OC(=O)/C=C/C(=O)OC(NC(=O)CN)C(=O)NC1(c2ccccc2)Cc2ccccc2C1)C(=O)NC1(c2ccccc2)Cc2ccccc2C1. The molecule has 2 atom stereocenters. The van der Waals surface area contributed by atoms with Crippen LogP contribution in [-0.4, -0.2) is 61.1 Å². The van der Waals surface area contributed by atoms with Gasteiger partial charge in [-0.2, -0.15) is 0 Å². The first-order valence-corrected chi connectivity index (χ1v) is 18.0. The lowest BCUT2D eigenvalue weighted by molar-refractivity contribution is -0.157. The molecular formula is C42H42N6O8. The van der Waals surface area contributed by atoms with Gasteiger partial charge in [0.1, 0.15) is 0 Å². The minimum atomic E-state index is -1.84. The molecule has 0 aliphatic heterocycles. The average molecular weight is 759 g/mol. The van der Waals surface area contributed by atoms with Crippen molar-refractivity contribution < 1.29 is 38.2 Å². The summed E-state index contributed by atoms with van der Waals surface area (Å²) >= 11 is 0. The van der Waals surface area contributed by atoms with Crippen molar-refractivity contribution in [2.24, 2.45) is 11.5 Å². The molecular weight excluding hydrogens is 716 g/mol. The van der Waals surface area contributed by atoms with Crippen molar-refractivity contribution in [3.05, 3.63) is 155 Å². The van der Waals surface area contributed by atoms with Gasteiger partial charge in [0, 0.05) is 37.8 Å². The average Bonchev–Trinajstić information content (AvgIpc) is 3.79. The summed E-state index contributed by atoms with van der Waals surface area (Å²) in [5, 5.41) is 10.6. The van der Waals surface area contributed by atoms with Crippen LogP contribution in [0.5, 0.6) is 0 Å². The molecule has 0 saturated carbocycles. The van der Waals surface area contributed by atoms with Gasteiger partial charge < -0.3 is 42.2 Å². The largest absolute Gasteiger partial charge is 0.429 e. The Hall–Kier alpha value is -6.64. The Bertz CT molecular complexity index is 1940. The minimum absolute atomic E-state index is 0.436. The number of fused-ring (bicyclic) bond motifs is 2. The maximum Gasteiger partial charge on any atom is 0.333 e. The van der Waals surface area contributed by atoms with Crippen LogP contribution in [-0.2, 0) is 75.0 Å². The van der Waals surface area contributed by atoms with Crippen LogP contribution >= 0.6 is 0 Å². The minimum Gasteiger partial charge on any atom is -0.429 e. The molecule has 0 aromatic heterocycles. The Balaban J connectivity index is 1.15. The number of esters is 2. The van der Waals surface area contributed by atoms with Gasteiger partial charge in [0.15, 0.2) is 0 Å². The quantitative estimate of drug-likeness (QED) is 0.0610. The molecule has 2 unspecified atom stereocenters. The zero-order valence-corrected chi connectivity index (χ0v) is 30.4. The smallest absolute Gasteiger partial charge is 0.333 e. The summed E-state index contributed by atoms with van der Waals surface area (Å²) < 4.78 is 10.6. The molecule has 0 saturated heterocycles. The molecule has 0 fully saturated rings. The highest BCUT2D eigenvalue weighted by molar-refractivity contribution is 5.96. The second-order valence-corrected chi connectivity index (χ2v) is 13.6. The van der Waals surface area contributed by atoms with E-state index in [9.17, 15) is 28.8 Å². The van der Waals surface area contributed by atoms with Gasteiger partial charge in [0.25, 0.3) is 24.3 Å². The van der Waals surface area contributed by atoms with E-state index in [0.717, 1.165) is 33.4 Å². The van der Waals surface area contributed by atoms with E-state index in [-0.39, 0.29) is 0 Å². The lowest BCUT2D eigenvalue weighted by atomic mass is 9.86. The highest BCUT2D eigenvalue weighted by atomic mass is 16.6. The topological polar surface area (TPSA) is 221 Å². The van der Waals surface area contributed by atoms with Crippen molar-refractivity contribution in [2.75, 3.05) is 13.1 Å². The summed E-state index contributed by atoms with van der Waals surface area (Å²) in [6, 6.07) is 34.0. The summed E-state index contributed by atoms with van der Waals surface area (Å²) in [6.07, 6.45) is -0.611. The van der Waals surface area contributed by atoms with E-state index in [1.807, 2.05) is 109 Å². The maximum atomic E-state index is 13.8. The van der Waals surface area contributed by atoms with Gasteiger partial charge in [0.05, 0.1) is 24.2 Å². The number of carbonyl (C=O) groups excluding carboxylic acids is 6. The number of ether oxygens (including phenoxy) is 2. The van der Waals surface area contributed by atoms with Crippen LogP contribution in [0.3, 0.4) is 0 Å². The first-order valence-electron chi connectivity index (χ1n) is 18.0. The molecule has 0 heterocycles. The fourth-order valence-electron chi connectivity index (χ4n) is 7.23. The summed E-state index contributed by atoms with van der Waals surface area (Å²) in [7, 11) is 0. The third-order valence-corrected chi connectivity index (χ3v) is 9.84. The predicted octanol–water partition coefficient (Wildman–Crippen LogP) is 1.05. The predicted molar refractivity (Wildman–Crippen MR) is 204 cm³/mol. The molecule has 14 heteroatoms. The number of hydrogen-bond donors (Lipinski definition) is 6. The fraction of sp³-hybridized carbons (Fsp3) is 0.238. The van der Waals surface area contributed by atoms with E-state index < -0.39 is 72.2 Å². The second kappa shape index (κ2) is 17.2. The summed E-state index contributed by atoms with van der Waals surface area (Å²) in [6.45, 7) is -1.01. The first-order chi connectivity index (χ1) is 27.0. The maximum absolute atomic E-state index is 13.8. The first kappa shape index (κ1) is 39.1. The zero-order valence-electron chi connectivity index (χ0n) is 30.4. The number of carbonyl (C=O) groups is 6. The van der Waals surface area contributed by atoms with Gasteiger partial charge >= 0.3 is 11.9 Å². The fourth-order valence-corrected chi connectivity index (χ4v) is 7.23. The van der Waals surface area contributed by atoms with Crippen LogP contribution in [0.1, 0.15) is 33.4 Å². The van der Waals surface area contributed by atoms with Crippen molar-refractivity contribution in [3.8, 4) is 0 Å². The van der Waals surface area contributed by atoms with Crippen LogP contribution in [0.15, 0.2) is 121 Å². The van der Waals surface area contributed by atoms with E-state index in [4.69, 9.17) is 20.9 Å². The van der Waals surface area contributed by atoms with Crippen molar-refractivity contribution >= 4 is 35.6 Å². The van der Waals surface area contributed by atoms with Crippen LogP contribution in [0, 0.1) is 0 Å². The Morgan fingerprint density at radius 1 is 0.518 bits per heavy atom.